The molecular formula is C20H14Cl2N4O. The first-order valence-electron chi connectivity index (χ1n) is 8.19. The number of hydrogen-bond donors (Lipinski definition) is 1. The third kappa shape index (κ3) is 3.27. The summed E-state index contributed by atoms with van der Waals surface area (Å²) in [6, 6.07) is 12.5. The van der Waals surface area contributed by atoms with E-state index in [1.165, 1.54) is 0 Å². The fourth-order valence-electron chi connectivity index (χ4n) is 2.85. The van der Waals surface area contributed by atoms with Crippen LogP contribution >= 0.6 is 23.2 Å². The molecule has 1 aromatic carbocycles. The maximum atomic E-state index is 12.7. The lowest BCUT2D eigenvalue weighted by atomic mass is 10.1. The van der Waals surface area contributed by atoms with Gasteiger partial charge < -0.3 is 5.32 Å². The number of anilines is 1. The van der Waals surface area contributed by atoms with Crippen molar-refractivity contribution in [3.8, 4) is 11.3 Å². The molecule has 0 saturated heterocycles. The summed E-state index contributed by atoms with van der Waals surface area (Å²) in [4.78, 5) is 21.4. The van der Waals surface area contributed by atoms with Crippen LogP contribution in [0, 0.1) is 6.92 Å². The largest absolute Gasteiger partial charge is 0.306 e. The lowest BCUT2D eigenvalue weighted by molar-refractivity contribution is 0.102. The number of carbonyl (C=O) groups is 1. The number of nitrogens with one attached hydrogen (secondary N) is 1. The third-order valence-corrected chi connectivity index (χ3v) is 4.95. The van der Waals surface area contributed by atoms with Gasteiger partial charge in [0.2, 0.25) is 0 Å². The Bertz CT molecular complexity index is 1160. The summed E-state index contributed by atoms with van der Waals surface area (Å²) >= 11 is 12.2. The van der Waals surface area contributed by atoms with Crippen molar-refractivity contribution >= 4 is 40.6 Å². The molecule has 4 rings (SSSR count). The number of pyridine rings is 2. The standard InChI is InChI=1S/C20H14Cl2N4O/c1-12-3-2-10-26-18(12)24-17(14-4-5-15(21)16(22)11-14)19(26)25-20(27)13-6-8-23-9-7-13/h2-11H,1H3,(H,25,27). The minimum Gasteiger partial charge on any atom is -0.306 e. The Hall–Kier alpha value is -2.89. The van der Waals surface area contributed by atoms with Gasteiger partial charge in [-0.15, -0.1) is 0 Å². The number of hydrogen-bond acceptors (Lipinski definition) is 3. The van der Waals surface area contributed by atoms with Crippen molar-refractivity contribution in [2.24, 2.45) is 0 Å². The van der Waals surface area contributed by atoms with Gasteiger partial charge in [-0.2, -0.15) is 0 Å². The van der Waals surface area contributed by atoms with E-state index in [1.54, 1.807) is 36.7 Å². The van der Waals surface area contributed by atoms with Gasteiger partial charge in [0.05, 0.1) is 10.0 Å². The number of nitrogens with zero attached hydrogens (tertiary/aromatic N) is 3. The molecule has 0 saturated carbocycles. The summed E-state index contributed by atoms with van der Waals surface area (Å²) in [7, 11) is 0. The molecule has 1 N–H and O–H groups in total. The number of amides is 1. The second kappa shape index (κ2) is 7.02. The minimum atomic E-state index is -0.248. The van der Waals surface area contributed by atoms with Crippen LogP contribution in [0.3, 0.4) is 0 Å². The van der Waals surface area contributed by atoms with Gasteiger partial charge in [-0.1, -0.05) is 35.3 Å². The average molecular weight is 397 g/mol. The highest BCUT2D eigenvalue weighted by atomic mass is 35.5. The van der Waals surface area contributed by atoms with Gasteiger partial charge in [-0.05, 0) is 42.8 Å². The van der Waals surface area contributed by atoms with Crippen LogP contribution in [-0.2, 0) is 0 Å². The molecule has 7 heteroatoms. The quantitative estimate of drug-likeness (QED) is 0.513. The van der Waals surface area contributed by atoms with Crippen LogP contribution in [0.5, 0.6) is 0 Å². The Morgan fingerprint density at radius 2 is 1.85 bits per heavy atom. The van der Waals surface area contributed by atoms with Crippen LogP contribution in [0.25, 0.3) is 16.9 Å². The van der Waals surface area contributed by atoms with Gasteiger partial charge in [0, 0.05) is 29.7 Å². The van der Waals surface area contributed by atoms with Crippen molar-refractivity contribution in [1.29, 1.82) is 0 Å². The molecule has 0 radical (unpaired) electrons. The van der Waals surface area contributed by atoms with Crippen molar-refractivity contribution in [2.45, 2.75) is 6.92 Å². The Morgan fingerprint density at radius 3 is 2.59 bits per heavy atom. The second-order valence-electron chi connectivity index (χ2n) is 6.01. The molecule has 134 valence electrons. The van der Waals surface area contributed by atoms with E-state index >= 15 is 0 Å². The zero-order valence-electron chi connectivity index (χ0n) is 14.3. The molecule has 0 aliphatic carbocycles. The maximum Gasteiger partial charge on any atom is 0.256 e. The number of carbonyl (C=O) groups excluding carboxylic acids is 1. The molecule has 3 heterocycles. The first-order valence-corrected chi connectivity index (χ1v) is 8.94. The normalized spacial score (nSPS) is 10.9. The number of aryl methyl sites for hydroxylation is 1. The van der Waals surface area contributed by atoms with Gasteiger partial charge in [-0.25, -0.2) is 4.98 Å². The third-order valence-electron chi connectivity index (χ3n) is 4.21. The molecule has 0 spiro atoms. The van der Waals surface area contributed by atoms with E-state index < -0.39 is 0 Å². The predicted molar refractivity (Wildman–Crippen MR) is 108 cm³/mol. The molecule has 0 aliphatic heterocycles. The van der Waals surface area contributed by atoms with Crippen LogP contribution < -0.4 is 5.32 Å². The molecule has 0 bridgehead atoms. The maximum absolute atomic E-state index is 12.7. The minimum absolute atomic E-state index is 0.248. The van der Waals surface area contributed by atoms with Crippen molar-refractivity contribution < 1.29 is 4.79 Å². The molecule has 0 aliphatic rings. The SMILES string of the molecule is Cc1cccn2c(NC(=O)c3ccncc3)c(-c3ccc(Cl)c(Cl)c3)nc12. The average Bonchev–Trinajstić information content (AvgIpc) is 3.04. The van der Waals surface area contributed by atoms with E-state index in [0.717, 1.165) is 16.8 Å². The fraction of sp³-hybridized carbons (Fsp3) is 0.0500. The summed E-state index contributed by atoms with van der Waals surface area (Å²) in [5.74, 6) is 0.316. The van der Waals surface area contributed by atoms with E-state index in [2.05, 4.69) is 10.3 Å². The molecule has 0 atom stereocenters. The highest BCUT2D eigenvalue weighted by Gasteiger charge is 2.18. The van der Waals surface area contributed by atoms with E-state index in [0.29, 0.717) is 27.1 Å². The number of imidazole rings is 1. The van der Waals surface area contributed by atoms with Gasteiger partial charge in [0.25, 0.3) is 5.91 Å². The van der Waals surface area contributed by atoms with Crippen LogP contribution in [0.4, 0.5) is 5.82 Å². The van der Waals surface area contributed by atoms with Crippen LogP contribution in [-0.4, -0.2) is 20.3 Å². The van der Waals surface area contributed by atoms with E-state index in [1.807, 2.05) is 35.7 Å². The highest BCUT2D eigenvalue weighted by Crippen LogP contribution is 2.33. The molecule has 4 aromatic rings. The Balaban J connectivity index is 1.88. The molecule has 27 heavy (non-hydrogen) atoms. The van der Waals surface area contributed by atoms with E-state index in [4.69, 9.17) is 28.2 Å². The second-order valence-corrected chi connectivity index (χ2v) is 6.83. The van der Waals surface area contributed by atoms with Crippen LogP contribution in [0.2, 0.25) is 10.0 Å². The Morgan fingerprint density at radius 1 is 1.07 bits per heavy atom. The first-order chi connectivity index (χ1) is 13.0. The molecule has 1 amide bonds. The number of rotatable bonds is 3. The summed E-state index contributed by atoms with van der Waals surface area (Å²) in [6.45, 7) is 1.97. The van der Waals surface area contributed by atoms with Crippen molar-refractivity contribution in [1.82, 2.24) is 14.4 Å². The Kier molecular flexibility index (Phi) is 4.56. The van der Waals surface area contributed by atoms with E-state index in [-0.39, 0.29) is 5.91 Å². The van der Waals surface area contributed by atoms with Crippen molar-refractivity contribution in [3.05, 3.63) is 82.2 Å². The molecule has 0 unspecified atom stereocenters. The zero-order chi connectivity index (χ0) is 19.0. The Labute approximate surface area is 165 Å². The van der Waals surface area contributed by atoms with Crippen LogP contribution in [0.15, 0.2) is 61.1 Å². The van der Waals surface area contributed by atoms with Gasteiger partial charge >= 0.3 is 0 Å². The number of halogens is 2. The lowest BCUT2D eigenvalue weighted by Crippen LogP contribution is -2.14. The predicted octanol–water partition coefficient (Wildman–Crippen LogP) is 5.26. The summed E-state index contributed by atoms with van der Waals surface area (Å²) in [5.41, 5.74) is 3.63. The summed E-state index contributed by atoms with van der Waals surface area (Å²) in [5, 5.41) is 3.85. The summed E-state index contributed by atoms with van der Waals surface area (Å²) in [6.07, 6.45) is 5.01. The van der Waals surface area contributed by atoms with Gasteiger partial charge in [0.15, 0.2) is 0 Å². The molecule has 5 nitrogen and oxygen atoms in total. The first kappa shape index (κ1) is 17.5. The number of fused-ring (bicyclic) bond motifs is 1. The van der Waals surface area contributed by atoms with Gasteiger partial charge in [-0.3, -0.25) is 14.2 Å². The monoisotopic (exact) mass is 396 g/mol. The topological polar surface area (TPSA) is 59.3 Å². The molecule has 3 aromatic heterocycles. The van der Waals surface area contributed by atoms with Crippen molar-refractivity contribution in [3.63, 3.8) is 0 Å². The van der Waals surface area contributed by atoms with Crippen molar-refractivity contribution in [2.75, 3.05) is 5.32 Å². The number of benzene rings is 1. The summed E-state index contributed by atoms with van der Waals surface area (Å²) < 4.78 is 1.85. The van der Waals surface area contributed by atoms with Gasteiger partial charge in [0.1, 0.15) is 17.2 Å². The fourth-order valence-corrected chi connectivity index (χ4v) is 3.15. The lowest BCUT2D eigenvalue weighted by Gasteiger charge is -2.08. The molecule has 0 fully saturated rings. The van der Waals surface area contributed by atoms with Crippen LogP contribution in [0.1, 0.15) is 15.9 Å². The smallest absolute Gasteiger partial charge is 0.256 e. The molecular weight excluding hydrogens is 383 g/mol. The number of aromatic nitrogens is 3. The zero-order valence-corrected chi connectivity index (χ0v) is 15.8. The highest BCUT2D eigenvalue weighted by molar-refractivity contribution is 6.42. The van der Waals surface area contributed by atoms with E-state index in [9.17, 15) is 4.79 Å².